The Morgan fingerprint density at radius 1 is 1.12 bits per heavy atom. The zero-order valence-electron chi connectivity index (χ0n) is 14.7. The zero-order chi connectivity index (χ0) is 17.9. The van der Waals surface area contributed by atoms with Gasteiger partial charge in [0.1, 0.15) is 17.1 Å². The number of hydrogen-bond acceptors (Lipinski definition) is 4. The van der Waals surface area contributed by atoms with Crippen LogP contribution in [0.2, 0.25) is 0 Å². The molecule has 0 aliphatic carbocycles. The maximum Gasteiger partial charge on any atom is 0.332 e. The third kappa shape index (κ3) is 4.44. The number of furan rings is 1. The van der Waals surface area contributed by atoms with E-state index >= 15 is 0 Å². The lowest BCUT2D eigenvalue weighted by atomic mass is 10.0. The fourth-order valence-electron chi connectivity index (χ4n) is 2.33. The second-order valence-corrected chi connectivity index (χ2v) is 6.59. The molecule has 1 aromatic heterocycles. The fraction of sp³-hybridized carbons (Fsp3) is 0.300. The van der Waals surface area contributed by atoms with E-state index in [2.05, 4.69) is 0 Å². The minimum Gasteiger partial charge on any atom is -0.461 e. The zero-order valence-corrected chi connectivity index (χ0v) is 14.7. The van der Waals surface area contributed by atoms with Gasteiger partial charge in [0, 0.05) is 11.6 Å². The lowest BCUT2D eigenvalue weighted by Crippen LogP contribution is -2.22. The number of esters is 1. The maximum atomic E-state index is 12.2. The molecule has 1 aromatic carbocycles. The van der Waals surface area contributed by atoms with Crippen LogP contribution in [0.3, 0.4) is 0 Å². The van der Waals surface area contributed by atoms with Crippen molar-refractivity contribution in [1.82, 2.24) is 0 Å². The minimum atomic E-state index is -0.584. The van der Waals surface area contributed by atoms with Gasteiger partial charge >= 0.3 is 5.97 Å². The van der Waals surface area contributed by atoms with Crippen LogP contribution in [0, 0.1) is 6.92 Å². The number of carbonyl (C=O) groups excluding carboxylic acids is 2. The van der Waals surface area contributed by atoms with Crippen LogP contribution < -0.4 is 0 Å². The highest BCUT2D eigenvalue weighted by Gasteiger charge is 2.19. The molecule has 0 spiro atoms. The molecule has 0 atom stereocenters. The van der Waals surface area contributed by atoms with Crippen LogP contribution in [-0.4, -0.2) is 17.4 Å². The quantitative estimate of drug-likeness (QED) is 0.469. The topological polar surface area (TPSA) is 56.5 Å². The van der Waals surface area contributed by atoms with Crippen molar-refractivity contribution in [2.45, 2.75) is 40.2 Å². The third-order valence-electron chi connectivity index (χ3n) is 3.32. The van der Waals surface area contributed by atoms with Gasteiger partial charge in [0.25, 0.3) is 0 Å². The van der Waals surface area contributed by atoms with Crippen LogP contribution in [0.1, 0.15) is 55.1 Å². The van der Waals surface area contributed by atoms with Crippen LogP contribution in [0.15, 0.2) is 46.9 Å². The Balaban J connectivity index is 2.50. The summed E-state index contributed by atoms with van der Waals surface area (Å²) >= 11 is 0. The molecule has 0 aliphatic heterocycles. The molecule has 2 aromatic rings. The molecule has 0 radical (unpaired) electrons. The summed E-state index contributed by atoms with van der Waals surface area (Å²) in [5, 5.41) is 0. The van der Waals surface area contributed by atoms with Crippen LogP contribution >= 0.6 is 0 Å². The first kappa shape index (κ1) is 17.7. The molecular formula is C20H22O4. The first-order chi connectivity index (χ1) is 11.2. The van der Waals surface area contributed by atoms with Gasteiger partial charge in [0.05, 0.1) is 5.56 Å². The van der Waals surface area contributed by atoms with Crippen LogP contribution in [0.4, 0.5) is 0 Å². The highest BCUT2D eigenvalue weighted by Crippen LogP contribution is 2.28. The summed E-state index contributed by atoms with van der Waals surface area (Å²) in [4.78, 5) is 23.9. The molecule has 1 heterocycles. The maximum absolute atomic E-state index is 12.2. The van der Waals surface area contributed by atoms with Gasteiger partial charge < -0.3 is 9.15 Å². The number of benzene rings is 1. The van der Waals surface area contributed by atoms with Crippen LogP contribution in [0.5, 0.6) is 0 Å². The van der Waals surface area contributed by atoms with Gasteiger partial charge in [-0.3, -0.25) is 4.79 Å². The van der Waals surface area contributed by atoms with E-state index in [9.17, 15) is 9.59 Å². The van der Waals surface area contributed by atoms with Crippen molar-refractivity contribution < 1.29 is 18.7 Å². The predicted molar refractivity (Wildman–Crippen MR) is 92.8 cm³/mol. The molecular weight excluding hydrogens is 304 g/mol. The summed E-state index contributed by atoms with van der Waals surface area (Å²) in [6.07, 6.45) is 1.41. The molecule has 0 saturated carbocycles. The molecule has 4 nitrogen and oxygen atoms in total. The number of hydrogen-bond donors (Lipinski definition) is 0. The summed E-state index contributed by atoms with van der Waals surface area (Å²) in [6.45, 7) is 8.65. The van der Waals surface area contributed by atoms with E-state index in [0.29, 0.717) is 22.7 Å². The first-order valence-corrected chi connectivity index (χ1v) is 7.79. The Hall–Kier alpha value is -2.62. The second kappa shape index (κ2) is 6.87. The summed E-state index contributed by atoms with van der Waals surface area (Å²) in [7, 11) is 0. The van der Waals surface area contributed by atoms with E-state index in [4.69, 9.17) is 9.15 Å². The minimum absolute atomic E-state index is 0.0767. The monoisotopic (exact) mass is 326 g/mol. The highest BCUT2D eigenvalue weighted by atomic mass is 16.6. The summed E-state index contributed by atoms with van der Waals surface area (Å²) in [5.41, 5.74) is 1.32. The molecule has 0 saturated heterocycles. The van der Waals surface area contributed by atoms with Gasteiger partial charge in [-0.2, -0.15) is 0 Å². The summed E-state index contributed by atoms with van der Waals surface area (Å²) < 4.78 is 11.1. The lowest BCUT2D eigenvalue weighted by Gasteiger charge is -2.18. The van der Waals surface area contributed by atoms with E-state index in [1.165, 1.54) is 13.0 Å². The molecule has 2 rings (SSSR count). The average Bonchev–Trinajstić information content (AvgIpc) is 2.86. The second-order valence-electron chi connectivity index (χ2n) is 6.59. The predicted octanol–water partition coefficient (Wildman–Crippen LogP) is 4.56. The molecule has 24 heavy (non-hydrogen) atoms. The Morgan fingerprint density at radius 2 is 1.75 bits per heavy atom. The molecule has 0 unspecified atom stereocenters. The van der Waals surface area contributed by atoms with Crippen molar-refractivity contribution in [3.63, 3.8) is 0 Å². The highest BCUT2D eigenvalue weighted by molar-refractivity contribution is 5.99. The first-order valence-electron chi connectivity index (χ1n) is 7.79. The number of ether oxygens (including phenoxy) is 1. The van der Waals surface area contributed by atoms with E-state index in [1.54, 1.807) is 13.0 Å². The molecule has 0 amide bonds. The number of aryl methyl sites for hydroxylation is 1. The van der Waals surface area contributed by atoms with Crippen LogP contribution in [-0.2, 0) is 9.53 Å². The largest absolute Gasteiger partial charge is 0.461 e. The third-order valence-corrected chi connectivity index (χ3v) is 3.32. The van der Waals surface area contributed by atoms with E-state index in [-0.39, 0.29) is 5.78 Å². The van der Waals surface area contributed by atoms with Crippen molar-refractivity contribution in [3.05, 3.63) is 65.1 Å². The number of Topliss-reactive ketones (excluding diaryl/α,β-unsaturated/α-hetero) is 1. The molecule has 0 fully saturated rings. The molecule has 0 N–H and O–H groups in total. The van der Waals surface area contributed by atoms with E-state index < -0.39 is 11.6 Å². The van der Waals surface area contributed by atoms with Crippen molar-refractivity contribution in [2.24, 2.45) is 0 Å². The smallest absolute Gasteiger partial charge is 0.332 e. The Labute approximate surface area is 142 Å². The molecule has 0 aliphatic rings. The normalized spacial score (nSPS) is 12.1. The SMILES string of the molecule is CC(=O)c1cc(/C(=C\C(=O)OC(C)(C)C)c2ccccc2)oc1C. The number of rotatable bonds is 4. The Bertz CT molecular complexity index is 774. The van der Waals surface area contributed by atoms with Crippen molar-refractivity contribution in [1.29, 1.82) is 0 Å². The van der Waals surface area contributed by atoms with Gasteiger partial charge in [-0.25, -0.2) is 4.79 Å². The molecule has 0 bridgehead atoms. The Kier molecular flexibility index (Phi) is 5.07. The van der Waals surface area contributed by atoms with Gasteiger partial charge in [-0.05, 0) is 46.2 Å². The Morgan fingerprint density at radius 3 is 2.25 bits per heavy atom. The van der Waals surface area contributed by atoms with Gasteiger partial charge in [0.2, 0.25) is 0 Å². The number of carbonyl (C=O) groups is 2. The summed E-state index contributed by atoms with van der Waals surface area (Å²) in [5.74, 6) is 0.463. The van der Waals surface area contributed by atoms with Gasteiger partial charge in [0.15, 0.2) is 5.78 Å². The van der Waals surface area contributed by atoms with Crippen LogP contribution in [0.25, 0.3) is 5.57 Å². The van der Waals surface area contributed by atoms with Gasteiger partial charge in [-0.1, -0.05) is 30.3 Å². The van der Waals surface area contributed by atoms with E-state index in [1.807, 2.05) is 51.1 Å². The van der Waals surface area contributed by atoms with E-state index in [0.717, 1.165) is 5.56 Å². The van der Waals surface area contributed by atoms with Crippen molar-refractivity contribution in [3.8, 4) is 0 Å². The average molecular weight is 326 g/mol. The summed E-state index contributed by atoms with van der Waals surface area (Å²) in [6, 6.07) is 11.1. The molecule has 126 valence electrons. The molecule has 4 heteroatoms. The standard InChI is InChI=1S/C20H22O4/c1-13(21)16-11-18(23-14(16)2)17(15-9-7-6-8-10-15)12-19(22)24-20(3,4)5/h6-12H,1-5H3/b17-12-. The van der Waals surface area contributed by atoms with Crippen molar-refractivity contribution >= 4 is 17.3 Å². The fourth-order valence-corrected chi connectivity index (χ4v) is 2.33. The van der Waals surface area contributed by atoms with Crippen molar-refractivity contribution in [2.75, 3.05) is 0 Å². The number of ketones is 1. The van der Waals surface area contributed by atoms with Gasteiger partial charge in [-0.15, -0.1) is 0 Å². The lowest BCUT2D eigenvalue weighted by molar-refractivity contribution is -0.148.